The lowest BCUT2D eigenvalue weighted by Gasteiger charge is -2.07. The van der Waals surface area contributed by atoms with Crippen molar-refractivity contribution in [3.8, 4) is 5.75 Å². The Balaban J connectivity index is 1.94. The van der Waals surface area contributed by atoms with E-state index in [1.54, 1.807) is 0 Å². The third kappa shape index (κ3) is 3.41. The highest BCUT2D eigenvalue weighted by Crippen LogP contribution is 2.32. The molecule has 1 saturated carbocycles. The number of hydrogen-bond donors (Lipinski definition) is 1. The van der Waals surface area contributed by atoms with E-state index in [0.717, 1.165) is 30.1 Å². The van der Waals surface area contributed by atoms with Crippen LogP contribution in [-0.2, 0) is 13.0 Å². The van der Waals surface area contributed by atoms with Gasteiger partial charge in [-0.25, -0.2) is 0 Å². The van der Waals surface area contributed by atoms with Crippen LogP contribution in [0.25, 0.3) is 11.0 Å². The molecule has 0 saturated heterocycles. The first-order valence-corrected chi connectivity index (χ1v) is 8.07. The maximum absolute atomic E-state index is 6.09. The Bertz CT molecular complexity index is 611. The molecule has 0 spiro atoms. The van der Waals surface area contributed by atoms with Crippen LogP contribution in [0.2, 0.25) is 0 Å². The predicted molar refractivity (Wildman–Crippen MR) is 85.8 cm³/mol. The molecule has 21 heavy (non-hydrogen) atoms. The molecule has 0 unspecified atom stereocenters. The third-order valence-corrected chi connectivity index (χ3v) is 3.90. The molecule has 2 aromatic rings. The van der Waals surface area contributed by atoms with Crippen LogP contribution < -0.4 is 10.1 Å². The van der Waals surface area contributed by atoms with Gasteiger partial charge in [-0.3, -0.25) is 0 Å². The van der Waals surface area contributed by atoms with Gasteiger partial charge in [-0.2, -0.15) is 0 Å². The third-order valence-electron chi connectivity index (χ3n) is 3.90. The van der Waals surface area contributed by atoms with Gasteiger partial charge in [0.15, 0.2) is 0 Å². The van der Waals surface area contributed by atoms with Crippen molar-refractivity contribution in [2.75, 3.05) is 6.61 Å². The molecule has 0 bridgehead atoms. The summed E-state index contributed by atoms with van der Waals surface area (Å²) in [5.74, 6) is 2.64. The van der Waals surface area contributed by atoms with Crippen molar-refractivity contribution < 1.29 is 9.15 Å². The molecule has 3 heteroatoms. The van der Waals surface area contributed by atoms with E-state index in [9.17, 15) is 0 Å². The molecule has 1 aliphatic rings. The summed E-state index contributed by atoms with van der Waals surface area (Å²) in [6, 6.07) is 6.85. The lowest BCUT2D eigenvalue weighted by molar-refractivity contribution is 0.340. The highest BCUT2D eigenvalue weighted by molar-refractivity contribution is 5.83. The van der Waals surface area contributed by atoms with Gasteiger partial charge in [-0.15, -0.1) is 0 Å². The largest absolute Gasteiger partial charge is 0.494 e. The van der Waals surface area contributed by atoms with E-state index in [0.29, 0.717) is 18.6 Å². The summed E-state index contributed by atoms with van der Waals surface area (Å²) in [7, 11) is 0. The van der Waals surface area contributed by atoms with Crippen LogP contribution >= 0.6 is 0 Å². The average molecular weight is 287 g/mol. The Labute approximate surface area is 126 Å². The fourth-order valence-electron chi connectivity index (χ4n) is 2.73. The quantitative estimate of drug-likeness (QED) is 0.825. The summed E-state index contributed by atoms with van der Waals surface area (Å²) >= 11 is 0. The molecule has 3 nitrogen and oxygen atoms in total. The minimum atomic E-state index is 0.612. The Morgan fingerprint density at radius 1 is 1.33 bits per heavy atom. The lowest BCUT2D eigenvalue weighted by Crippen LogP contribution is -2.16. The fourth-order valence-corrected chi connectivity index (χ4v) is 2.73. The summed E-state index contributed by atoms with van der Waals surface area (Å²) in [5, 5.41) is 4.77. The van der Waals surface area contributed by atoms with Crippen molar-refractivity contribution in [2.45, 2.75) is 52.6 Å². The van der Waals surface area contributed by atoms with Gasteiger partial charge in [-0.1, -0.05) is 13.8 Å². The van der Waals surface area contributed by atoms with Crippen LogP contribution in [0.4, 0.5) is 0 Å². The van der Waals surface area contributed by atoms with E-state index in [1.807, 2.05) is 19.1 Å². The minimum absolute atomic E-state index is 0.612. The molecule has 1 aromatic heterocycles. The van der Waals surface area contributed by atoms with Crippen LogP contribution in [0.3, 0.4) is 0 Å². The second-order valence-corrected chi connectivity index (χ2v) is 6.35. The van der Waals surface area contributed by atoms with Crippen LogP contribution in [0, 0.1) is 5.92 Å². The monoisotopic (exact) mass is 287 g/mol. The minimum Gasteiger partial charge on any atom is -0.494 e. The molecule has 0 radical (unpaired) electrons. The lowest BCUT2D eigenvalue weighted by atomic mass is 9.99. The first-order valence-electron chi connectivity index (χ1n) is 8.07. The average Bonchev–Trinajstić information content (AvgIpc) is 3.21. The summed E-state index contributed by atoms with van der Waals surface area (Å²) in [6.45, 7) is 8.05. The molecular formula is C18H25NO2. The summed E-state index contributed by atoms with van der Waals surface area (Å²) < 4.78 is 11.7. The summed E-state index contributed by atoms with van der Waals surface area (Å²) in [4.78, 5) is 0. The Kier molecular flexibility index (Phi) is 4.20. The maximum atomic E-state index is 6.09. The van der Waals surface area contributed by atoms with Gasteiger partial charge in [0.25, 0.3) is 0 Å². The van der Waals surface area contributed by atoms with Gasteiger partial charge in [0.2, 0.25) is 0 Å². The summed E-state index contributed by atoms with van der Waals surface area (Å²) in [5.41, 5.74) is 2.32. The number of furan rings is 1. The highest BCUT2D eigenvalue weighted by Gasteiger charge is 2.22. The van der Waals surface area contributed by atoms with E-state index in [4.69, 9.17) is 9.15 Å². The van der Waals surface area contributed by atoms with Crippen LogP contribution in [-0.4, -0.2) is 12.6 Å². The van der Waals surface area contributed by atoms with Crippen LogP contribution in [0.15, 0.2) is 22.6 Å². The van der Waals surface area contributed by atoms with Gasteiger partial charge in [-0.05, 0) is 50.3 Å². The first kappa shape index (κ1) is 14.5. The number of fused-ring (bicyclic) bond motifs is 1. The number of hydrogen-bond acceptors (Lipinski definition) is 3. The molecule has 1 heterocycles. The second kappa shape index (κ2) is 6.10. The maximum Gasteiger partial charge on any atom is 0.134 e. The molecule has 114 valence electrons. The van der Waals surface area contributed by atoms with Gasteiger partial charge in [0, 0.05) is 17.0 Å². The van der Waals surface area contributed by atoms with Crippen molar-refractivity contribution in [3.05, 3.63) is 29.5 Å². The van der Waals surface area contributed by atoms with Crippen LogP contribution in [0.1, 0.15) is 44.9 Å². The number of ether oxygens (including phenoxy) is 1. The molecule has 1 aromatic carbocycles. The zero-order valence-corrected chi connectivity index (χ0v) is 13.2. The SMILES string of the molecule is CCOc1ccc2oc(CNC3CC3)c(CC(C)C)c2c1. The van der Waals surface area contributed by atoms with E-state index in [2.05, 4.69) is 25.2 Å². The zero-order chi connectivity index (χ0) is 14.8. The standard InChI is InChI=1S/C18H25NO2/c1-4-20-14-7-8-17-16(10-14)15(9-12(2)3)18(21-17)11-19-13-5-6-13/h7-8,10,12-13,19H,4-6,9,11H2,1-3H3. The number of rotatable bonds is 7. The van der Waals surface area contributed by atoms with Crippen molar-refractivity contribution in [2.24, 2.45) is 5.92 Å². The van der Waals surface area contributed by atoms with Crippen molar-refractivity contribution in [3.63, 3.8) is 0 Å². The fraction of sp³-hybridized carbons (Fsp3) is 0.556. The zero-order valence-electron chi connectivity index (χ0n) is 13.2. The predicted octanol–water partition coefficient (Wildman–Crippen LogP) is 4.28. The van der Waals surface area contributed by atoms with E-state index >= 15 is 0 Å². The van der Waals surface area contributed by atoms with E-state index < -0.39 is 0 Å². The highest BCUT2D eigenvalue weighted by atomic mass is 16.5. The molecule has 0 aliphatic heterocycles. The normalized spacial score (nSPS) is 15.0. The van der Waals surface area contributed by atoms with Gasteiger partial charge in [0.1, 0.15) is 17.1 Å². The molecule has 0 atom stereocenters. The van der Waals surface area contributed by atoms with Crippen molar-refractivity contribution >= 4 is 11.0 Å². The summed E-state index contributed by atoms with van der Waals surface area (Å²) in [6.07, 6.45) is 3.65. The van der Waals surface area contributed by atoms with E-state index in [1.165, 1.54) is 23.8 Å². The van der Waals surface area contributed by atoms with Gasteiger partial charge >= 0.3 is 0 Å². The topological polar surface area (TPSA) is 34.4 Å². The molecule has 1 N–H and O–H groups in total. The molecule has 1 aliphatic carbocycles. The molecule has 1 fully saturated rings. The molecular weight excluding hydrogens is 262 g/mol. The molecule has 3 rings (SSSR count). The van der Waals surface area contributed by atoms with Crippen molar-refractivity contribution in [1.29, 1.82) is 0 Å². The van der Waals surface area contributed by atoms with Crippen molar-refractivity contribution in [1.82, 2.24) is 5.32 Å². The second-order valence-electron chi connectivity index (χ2n) is 6.35. The Hall–Kier alpha value is -1.48. The molecule has 0 amide bonds. The van der Waals surface area contributed by atoms with Crippen LogP contribution in [0.5, 0.6) is 5.75 Å². The van der Waals surface area contributed by atoms with E-state index in [-0.39, 0.29) is 0 Å². The Morgan fingerprint density at radius 2 is 2.14 bits per heavy atom. The number of nitrogens with one attached hydrogen (secondary N) is 1. The van der Waals surface area contributed by atoms with Gasteiger partial charge < -0.3 is 14.5 Å². The van der Waals surface area contributed by atoms with Gasteiger partial charge in [0.05, 0.1) is 13.2 Å². The number of benzene rings is 1. The smallest absolute Gasteiger partial charge is 0.134 e. The Morgan fingerprint density at radius 3 is 2.81 bits per heavy atom. The first-order chi connectivity index (χ1) is 10.2.